The summed E-state index contributed by atoms with van der Waals surface area (Å²) in [6.07, 6.45) is 0.798. The van der Waals surface area contributed by atoms with Crippen LogP contribution in [0.2, 0.25) is 0 Å². The van der Waals surface area contributed by atoms with Crippen LogP contribution in [0, 0.1) is 0 Å². The third-order valence-electron chi connectivity index (χ3n) is 3.05. The van der Waals surface area contributed by atoms with Crippen LogP contribution in [0.4, 0.5) is 0 Å². The first kappa shape index (κ1) is 13.3. The fourth-order valence-corrected chi connectivity index (χ4v) is 2.16. The lowest BCUT2D eigenvalue weighted by atomic mass is 10.0. The van der Waals surface area contributed by atoms with E-state index in [-0.39, 0.29) is 12.7 Å². The Kier molecular flexibility index (Phi) is 3.90. The van der Waals surface area contributed by atoms with E-state index in [2.05, 4.69) is 0 Å². The van der Waals surface area contributed by atoms with Gasteiger partial charge in [-0.1, -0.05) is 12.1 Å². The molecule has 1 aromatic carbocycles. The molecule has 0 aromatic heterocycles. The molecule has 1 fully saturated rings. The lowest BCUT2D eigenvalue weighted by molar-refractivity contribution is -0.138. The van der Waals surface area contributed by atoms with Crippen LogP contribution in [0.5, 0.6) is 5.75 Å². The minimum absolute atomic E-state index is 0.0205. The van der Waals surface area contributed by atoms with Gasteiger partial charge in [0.05, 0.1) is 26.4 Å². The number of methoxy groups -OCH3 is 1. The number of rotatable bonds is 4. The highest BCUT2D eigenvalue weighted by Crippen LogP contribution is 2.28. The second-order valence-electron chi connectivity index (χ2n) is 4.96. The molecule has 1 N–H and O–H groups in total. The summed E-state index contributed by atoms with van der Waals surface area (Å²) in [4.78, 5) is 0. The van der Waals surface area contributed by atoms with Gasteiger partial charge in [0.15, 0.2) is 5.79 Å². The summed E-state index contributed by atoms with van der Waals surface area (Å²) in [6, 6.07) is 5.73. The van der Waals surface area contributed by atoms with Gasteiger partial charge in [0.25, 0.3) is 0 Å². The van der Waals surface area contributed by atoms with Crippen LogP contribution in [-0.4, -0.2) is 30.7 Å². The first-order valence-corrected chi connectivity index (χ1v) is 6.12. The molecule has 2 rings (SSSR count). The maximum absolute atomic E-state index is 9.10. The van der Waals surface area contributed by atoms with Gasteiger partial charge in [-0.05, 0) is 31.0 Å². The van der Waals surface area contributed by atoms with Crippen molar-refractivity contribution in [1.29, 1.82) is 0 Å². The molecule has 100 valence electrons. The van der Waals surface area contributed by atoms with Gasteiger partial charge in [-0.15, -0.1) is 0 Å². The minimum atomic E-state index is -0.497. The quantitative estimate of drug-likeness (QED) is 0.889. The Balaban J connectivity index is 2.09. The highest BCUT2D eigenvalue weighted by molar-refractivity contribution is 5.37. The Bertz CT molecular complexity index is 414. The van der Waals surface area contributed by atoms with E-state index in [1.54, 1.807) is 7.11 Å². The molecule has 1 heterocycles. The molecule has 1 aromatic rings. The monoisotopic (exact) mass is 252 g/mol. The van der Waals surface area contributed by atoms with Crippen molar-refractivity contribution in [1.82, 2.24) is 0 Å². The highest BCUT2D eigenvalue weighted by atomic mass is 16.7. The Morgan fingerprint density at radius 2 is 2.22 bits per heavy atom. The van der Waals surface area contributed by atoms with E-state index in [9.17, 15) is 0 Å². The normalized spacial score (nSPS) is 22.1. The maximum atomic E-state index is 9.10. The molecule has 1 aliphatic heterocycles. The SMILES string of the molecule is COc1cc(CO)ccc1CC1COC(C)(C)O1. The van der Waals surface area contributed by atoms with Crippen molar-refractivity contribution >= 4 is 0 Å². The van der Waals surface area contributed by atoms with E-state index in [4.69, 9.17) is 19.3 Å². The lowest BCUT2D eigenvalue weighted by Crippen LogP contribution is -2.22. The van der Waals surface area contributed by atoms with Crippen LogP contribution in [0.15, 0.2) is 18.2 Å². The summed E-state index contributed by atoms with van der Waals surface area (Å²) in [5, 5.41) is 9.10. The molecule has 0 saturated carbocycles. The van der Waals surface area contributed by atoms with Crippen LogP contribution >= 0.6 is 0 Å². The smallest absolute Gasteiger partial charge is 0.163 e. The molecule has 0 radical (unpaired) electrons. The van der Waals surface area contributed by atoms with Crippen LogP contribution < -0.4 is 4.74 Å². The van der Waals surface area contributed by atoms with Crippen molar-refractivity contribution in [2.75, 3.05) is 13.7 Å². The first-order valence-electron chi connectivity index (χ1n) is 6.12. The zero-order valence-corrected chi connectivity index (χ0v) is 11.1. The Labute approximate surface area is 107 Å². The van der Waals surface area contributed by atoms with Gasteiger partial charge in [-0.25, -0.2) is 0 Å². The summed E-state index contributed by atoms with van der Waals surface area (Å²) in [5.74, 6) is 0.290. The summed E-state index contributed by atoms with van der Waals surface area (Å²) in [6.45, 7) is 4.45. The molecule has 1 unspecified atom stereocenters. The molecule has 0 spiro atoms. The van der Waals surface area contributed by atoms with Gasteiger partial charge in [0.1, 0.15) is 5.75 Å². The number of ether oxygens (including phenoxy) is 3. The molecule has 0 aliphatic carbocycles. The minimum Gasteiger partial charge on any atom is -0.496 e. The molecule has 0 amide bonds. The van der Waals surface area contributed by atoms with E-state index >= 15 is 0 Å². The van der Waals surface area contributed by atoms with E-state index in [1.165, 1.54) is 0 Å². The van der Waals surface area contributed by atoms with Gasteiger partial charge >= 0.3 is 0 Å². The number of benzene rings is 1. The zero-order valence-electron chi connectivity index (χ0n) is 11.1. The number of aliphatic hydroxyl groups excluding tert-OH is 1. The zero-order chi connectivity index (χ0) is 13.2. The van der Waals surface area contributed by atoms with Crippen molar-refractivity contribution in [2.45, 2.75) is 38.8 Å². The average Bonchev–Trinajstić information content (AvgIpc) is 2.69. The average molecular weight is 252 g/mol. The molecule has 1 saturated heterocycles. The molecule has 1 atom stereocenters. The third kappa shape index (κ3) is 3.02. The van der Waals surface area contributed by atoms with Crippen molar-refractivity contribution in [3.05, 3.63) is 29.3 Å². The summed E-state index contributed by atoms with van der Waals surface area (Å²) >= 11 is 0. The maximum Gasteiger partial charge on any atom is 0.163 e. The van der Waals surface area contributed by atoms with E-state index in [1.807, 2.05) is 32.0 Å². The van der Waals surface area contributed by atoms with Gasteiger partial charge < -0.3 is 19.3 Å². The molecule has 1 aliphatic rings. The second kappa shape index (κ2) is 5.26. The summed E-state index contributed by atoms with van der Waals surface area (Å²) in [5.41, 5.74) is 1.92. The number of aliphatic hydroxyl groups is 1. The predicted octanol–water partition coefficient (Wildman–Crippen LogP) is 1.88. The second-order valence-corrected chi connectivity index (χ2v) is 4.96. The Morgan fingerprint density at radius 3 is 2.78 bits per heavy atom. The standard InChI is InChI=1S/C14H20O4/c1-14(2)17-9-12(18-14)7-11-5-4-10(8-15)6-13(11)16-3/h4-6,12,15H,7-9H2,1-3H3. The van der Waals surface area contributed by atoms with Crippen molar-refractivity contribution in [2.24, 2.45) is 0 Å². The molecule has 18 heavy (non-hydrogen) atoms. The Hall–Kier alpha value is -1.10. The summed E-state index contributed by atoms with van der Waals surface area (Å²) < 4.78 is 16.7. The molecular weight excluding hydrogens is 232 g/mol. The number of hydrogen-bond donors (Lipinski definition) is 1. The van der Waals surface area contributed by atoms with Gasteiger partial charge in [0.2, 0.25) is 0 Å². The van der Waals surface area contributed by atoms with Crippen LogP contribution in [-0.2, 0) is 22.5 Å². The van der Waals surface area contributed by atoms with Gasteiger partial charge in [0, 0.05) is 6.42 Å². The molecular formula is C14H20O4. The van der Waals surface area contributed by atoms with Gasteiger partial charge in [-0.2, -0.15) is 0 Å². The van der Waals surface area contributed by atoms with E-state index in [0.29, 0.717) is 6.61 Å². The van der Waals surface area contributed by atoms with E-state index in [0.717, 1.165) is 23.3 Å². The molecule has 4 nitrogen and oxygen atoms in total. The first-order chi connectivity index (χ1) is 8.54. The van der Waals surface area contributed by atoms with Crippen LogP contribution in [0.1, 0.15) is 25.0 Å². The van der Waals surface area contributed by atoms with Crippen molar-refractivity contribution in [3.63, 3.8) is 0 Å². The van der Waals surface area contributed by atoms with Crippen molar-refractivity contribution in [3.8, 4) is 5.75 Å². The summed E-state index contributed by atoms with van der Waals surface area (Å²) in [7, 11) is 1.63. The van der Waals surface area contributed by atoms with Crippen LogP contribution in [0.3, 0.4) is 0 Å². The van der Waals surface area contributed by atoms with E-state index < -0.39 is 5.79 Å². The number of hydrogen-bond acceptors (Lipinski definition) is 4. The van der Waals surface area contributed by atoms with Gasteiger partial charge in [-0.3, -0.25) is 0 Å². The Morgan fingerprint density at radius 1 is 1.44 bits per heavy atom. The highest BCUT2D eigenvalue weighted by Gasteiger charge is 2.32. The lowest BCUT2D eigenvalue weighted by Gasteiger charge is -2.18. The van der Waals surface area contributed by atoms with Crippen molar-refractivity contribution < 1.29 is 19.3 Å². The predicted molar refractivity (Wildman–Crippen MR) is 67.5 cm³/mol. The fourth-order valence-electron chi connectivity index (χ4n) is 2.16. The topological polar surface area (TPSA) is 47.9 Å². The van der Waals surface area contributed by atoms with Crippen LogP contribution in [0.25, 0.3) is 0 Å². The largest absolute Gasteiger partial charge is 0.496 e. The molecule has 4 heteroatoms. The molecule has 0 bridgehead atoms. The third-order valence-corrected chi connectivity index (χ3v) is 3.05. The fraction of sp³-hybridized carbons (Fsp3) is 0.571.